The van der Waals surface area contributed by atoms with E-state index >= 15 is 0 Å². The maximum absolute atomic E-state index is 13.6. The molecule has 1 aromatic heterocycles. The normalized spacial score (nSPS) is 11.4. The Labute approximate surface area is 103 Å². The van der Waals surface area contributed by atoms with Crippen molar-refractivity contribution in [1.82, 2.24) is 10.2 Å². The molecule has 19 heavy (non-hydrogen) atoms. The Kier molecular flexibility index (Phi) is 2.98. The van der Waals surface area contributed by atoms with Crippen LogP contribution in [-0.2, 0) is 6.18 Å². The number of hydrogen-bond donors (Lipinski definition) is 1. The lowest BCUT2D eigenvalue weighted by Crippen LogP contribution is -2.04. The molecule has 2 rings (SSSR count). The molecule has 0 aliphatic heterocycles. The van der Waals surface area contributed by atoms with Gasteiger partial charge in [-0.3, -0.25) is 5.10 Å². The predicted octanol–water partition coefficient (Wildman–Crippen LogP) is 3.25. The lowest BCUT2D eigenvalue weighted by atomic mass is 10.1. The highest BCUT2D eigenvalue weighted by molar-refractivity contribution is 5.62. The number of alkyl halides is 3. The Morgan fingerprint density at radius 2 is 1.79 bits per heavy atom. The lowest BCUT2D eigenvalue weighted by Gasteiger charge is -2.01. The summed E-state index contributed by atoms with van der Waals surface area (Å²) in [5.74, 6) is -2.06. The summed E-state index contributed by atoms with van der Waals surface area (Å²) in [5.41, 5.74) is -2.56. The topological polar surface area (TPSA) is 52.5 Å². The molecule has 0 atom stereocenters. The summed E-state index contributed by atoms with van der Waals surface area (Å²) < 4.78 is 63.9. The Morgan fingerprint density at radius 3 is 2.32 bits per heavy atom. The fourth-order valence-electron chi connectivity index (χ4n) is 1.43. The first-order chi connectivity index (χ1) is 8.82. The molecule has 0 saturated heterocycles. The number of aromatic nitrogens is 2. The minimum Gasteiger partial charge on any atom is -0.273 e. The average molecular weight is 273 g/mol. The maximum Gasteiger partial charge on any atom is 0.432 e. The van der Waals surface area contributed by atoms with Crippen LogP contribution in [-0.4, -0.2) is 10.2 Å². The van der Waals surface area contributed by atoms with Gasteiger partial charge in [0.2, 0.25) is 0 Å². The Balaban J connectivity index is 2.52. The first-order valence-corrected chi connectivity index (χ1v) is 4.85. The molecule has 3 nitrogen and oxygen atoms in total. The van der Waals surface area contributed by atoms with Gasteiger partial charge in [-0.2, -0.15) is 23.5 Å². The van der Waals surface area contributed by atoms with E-state index in [1.807, 2.05) is 0 Å². The summed E-state index contributed by atoms with van der Waals surface area (Å²) in [4.78, 5) is 0. The Hall–Kier alpha value is -2.43. The van der Waals surface area contributed by atoms with Crippen molar-refractivity contribution in [3.05, 3.63) is 41.1 Å². The van der Waals surface area contributed by atoms with Crippen molar-refractivity contribution < 1.29 is 22.0 Å². The monoisotopic (exact) mass is 273 g/mol. The van der Waals surface area contributed by atoms with Crippen molar-refractivity contribution in [3.8, 4) is 17.3 Å². The summed E-state index contributed by atoms with van der Waals surface area (Å²) >= 11 is 0. The highest BCUT2D eigenvalue weighted by atomic mass is 19.4. The number of H-pyrrole nitrogens is 1. The van der Waals surface area contributed by atoms with Gasteiger partial charge in [-0.25, -0.2) is 8.78 Å². The molecule has 2 aromatic rings. The summed E-state index contributed by atoms with van der Waals surface area (Å²) in [6, 6.07) is 3.21. The van der Waals surface area contributed by atoms with E-state index in [1.54, 1.807) is 5.10 Å². The van der Waals surface area contributed by atoms with E-state index in [4.69, 9.17) is 5.26 Å². The zero-order chi connectivity index (χ0) is 14.2. The number of nitrogens with one attached hydrogen (secondary N) is 1. The van der Waals surface area contributed by atoms with E-state index in [-0.39, 0.29) is 0 Å². The smallest absolute Gasteiger partial charge is 0.273 e. The molecule has 1 aromatic carbocycles. The molecule has 98 valence electrons. The first-order valence-electron chi connectivity index (χ1n) is 4.85. The molecular weight excluding hydrogens is 269 g/mol. The third-order valence-corrected chi connectivity index (χ3v) is 2.34. The number of benzene rings is 1. The van der Waals surface area contributed by atoms with Gasteiger partial charge in [0, 0.05) is 5.56 Å². The first kappa shape index (κ1) is 13.0. The molecule has 0 bridgehead atoms. The SMILES string of the molecule is N#Cc1cc(F)c(-c2cc(C(F)(F)F)[nH]n2)cc1F. The Bertz CT molecular complexity index is 666. The molecule has 0 spiro atoms. The molecule has 0 saturated carbocycles. The van der Waals surface area contributed by atoms with Crippen molar-refractivity contribution >= 4 is 0 Å². The molecule has 0 unspecified atom stereocenters. The molecule has 1 heterocycles. The quantitative estimate of drug-likeness (QED) is 0.811. The van der Waals surface area contributed by atoms with Gasteiger partial charge in [-0.1, -0.05) is 0 Å². The van der Waals surface area contributed by atoms with E-state index in [2.05, 4.69) is 5.10 Å². The van der Waals surface area contributed by atoms with Gasteiger partial charge in [0.1, 0.15) is 23.4 Å². The van der Waals surface area contributed by atoms with Crippen LogP contribution in [0.4, 0.5) is 22.0 Å². The van der Waals surface area contributed by atoms with E-state index in [0.29, 0.717) is 18.2 Å². The summed E-state index contributed by atoms with van der Waals surface area (Å²) in [7, 11) is 0. The van der Waals surface area contributed by atoms with Crippen LogP contribution in [0.1, 0.15) is 11.3 Å². The summed E-state index contributed by atoms with van der Waals surface area (Å²) in [6.45, 7) is 0. The van der Waals surface area contributed by atoms with E-state index in [1.165, 1.54) is 6.07 Å². The fraction of sp³-hybridized carbons (Fsp3) is 0.0909. The van der Waals surface area contributed by atoms with Crippen LogP contribution in [0.15, 0.2) is 18.2 Å². The van der Waals surface area contributed by atoms with Gasteiger partial charge in [0.15, 0.2) is 0 Å². The van der Waals surface area contributed by atoms with Crippen LogP contribution in [0.2, 0.25) is 0 Å². The zero-order valence-electron chi connectivity index (χ0n) is 9.02. The Morgan fingerprint density at radius 1 is 1.11 bits per heavy atom. The van der Waals surface area contributed by atoms with Crippen LogP contribution in [0.3, 0.4) is 0 Å². The van der Waals surface area contributed by atoms with Crippen molar-refractivity contribution in [3.63, 3.8) is 0 Å². The van der Waals surface area contributed by atoms with Gasteiger partial charge in [0.05, 0.1) is 11.3 Å². The second-order valence-corrected chi connectivity index (χ2v) is 3.59. The summed E-state index contributed by atoms with van der Waals surface area (Å²) in [5, 5.41) is 13.5. The molecule has 0 aliphatic rings. The van der Waals surface area contributed by atoms with Crippen molar-refractivity contribution in [2.75, 3.05) is 0 Å². The molecule has 1 N–H and O–H groups in total. The number of hydrogen-bond acceptors (Lipinski definition) is 2. The fourth-order valence-corrected chi connectivity index (χ4v) is 1.43. The standard InChI is InChI=1S/C11H4F5N3/c12-7-2-6(8(13)1-5(7)4-17)9-3-10(19-18-9)11(14,15)16/h1-3H,(H,18,19). The number of aromatic amines is 1. The largest absolute Gasteiger partial charge is 0.432 e. The van der Waals surface area contributed by atoms with Crippen LogP contribution in [0.5, 0.6) is 0 Å². The molecule has 0 fully saturated rings. The maximum atomic E-state index is 13.6. The van der Waals surface area contributed by atoms with Crippen molar-refractivity contribution in [2.24, 2.45) is 0 Å². The number of nitrogens with zero attached hydrogens (tertiary/aromatic N) is 2. The predicted molar refractivity (Wildman–Crippen MR) is 53.7 cm³/mol. The average Bonchev–Trinajstić information content (AvgIpc) is 2.80. The number of nitriles is 1. The van der Waals surface area contributed by atoms with Gasteiger partial charge in [-0.15, -0.1) is 0 Å². The lowest BCUT2D eigenvalue weighted by molar-refractivity contribution is -0.141. The van der Waals surface area contributed by atoms with E-state index < -0.39 is 40.3 Å². The molecule has 0 radical (unpaired) electrons. The van der Waals surface area contributed by atoms with Crippen molar-refractivity contribution in [1.29, 1.82) is 5.26 Å². The van der Waals surface area contributed by atoms with Crippen molar-refractivity contribution in [2.45, 2.75) is 6.18 Å². The minimum atomic E-state index is -4.66. The number of halogens is 5. The molecule has 8 heteroatoms. The van der Waals surface area contributed by atoms with Gasteiger partial charge >= 0.3 is 6.18 Å². The second kappa shape index (κ2) is 4.35. The molecular formula is C11H4F5N3. The van der Waals surface area contributed by atoms with Crippen LogP contribution < -0.4 is 0 Å². The van der Waals surface area contributed by atoms with Gasteiger partial charge in [-0.05, 0) is 18.2 Å². The second-order valence-electron chi connectivity index (χ2n) is 3.59. The minimum absolute atomic E-state index is 0.395. The van der Waals surface area contributed by atoms with Crippen LogP contribution >= 0.6 is 0 Å². The zero-order valence-corrected chi connectivity index (χ0v) is 9.02. The third-order valence-electron chi connectivity index (χ3n) is 2.34. The van der Waals surface area contributed by atoms with Crippen LogP contribution in [0, 0.1) is 23.0 Å². The molecule has 0 aliphatic carbocycles. The number of rotatable bonds is 1. The third kappa shape index (κ3) is 2.40. The van der Waals surface area contributed by atoms with E-state index in [9.17, 15) is 22.0 Å². The van der Waals surface area contributed by atoms with Crippen LogP contribution in [0.25, 0.3) is 11.3 Å². The highest BCUT2D eigenvalue weighted by Crippen LogP contribution is 2.31. The van der Waals surface area contributed by atoms with E-state index in [0.717, 1.165) is 0 Å². The van der Waals surface area contributed by atoms with Gasteiger partial charge < -0.3 is 0 Å². The van der Waals surface area contributed by atoms with Gasteiger partial charge in [0.25, 0.3) is 0 Å². The highest BCUT2D eigenvalue weighted by Gasteiger charge is 2.33. The summed E-state index contributed by atoms with van der Waals surface area (Å²) in [6.07, 6.45) is -4.66. The molecule has 0 amide bonds.